The maximum absolute atomic E-state index is 14.6. The lowest BCUT2D eigenvalue weighted by molar-refractivity contribution is 0.582. The third kappa shape index (κ3) is 2.63. The zero-order valence-electron chi connectivity index (χ0n) is 13.0. The smallest absolute Gasteiger partial charge is 0.138 e. The first-order chi connectivity index (χ1) is 10.9. The molecule has 3 rings (SSSR count). The molecule has 0 aliphatic rings. The molecule has 0 fully saturated rings. The third-order valence-corrected chi connectivity index (χ3v) is 4.08. The molecule has 0 radical (unpaired) electrons. The first kappa shape index (κ1) is 15.7. The van der Waals surface area contributed by atoms with Crippen LogP contribution in [0.15, 0.2) is 36.4 Å². The van der Waals surface area contributed by atoms with Gasteiger partial charge in [-0.15, -0.1) is 0 Å². The topological polar surface area (TPSA) is 17.8 Å². The monoisotopic (exact) mass is 332 g/mol. The number of rotatable bonds is 2. The van der Waals surface area contributed by atoms with Gasteiger partial charge in [-0.2, -0.15) is 0 Å². The summed E-state index contributed by atoms with van der Waals surface area (Å²) in [5, 5.41) is 0.595. The number of nitrogens with zero attached hydrogens (tertiary/aromatic N) is 2. The highest BCUT2D eigenvalue weighted by Gasteiger charge is 2.22. The van der Waals surface area contributed by atoms with Gasteiger partial charge in [0.1, 0.15) is 17.5 Å². The lowest BCUT2D eigenvalue weighted by Gasteiger charge is -2.14. The summed E-state index contributed by atoms with van der Waals surface area (Å²) in [7, 11) is 0. The van der Waals surface area contributed by atoms with Crippen LogP contribution in [0, 0.1) is 32.4 Å². The molecule has 0 saturated carbocycles. The predicted octanol–water partition coefficient (Wildman–Crippen LogP) is 5.40. The molecule has 3 aromatic rings. The Morgan fingerprint density at radius 1 is 0.957 bits per heavy atom. The van der Waals surface area contributed by atoms with E-state index >= 15 is 0 Å². The zero-order chi connectivity index (χ0) is 16.7. The molecule has 1 heterocycles. The van der Waals surface area contributed by atoms with Gasteiger partial charge in [-0.05, 0) is 56.7 Å². The first-order valence-electron chi connectivity index (χ1n) is 7.17. The molecule has 0 spiro atoms. The Kier molecular flexibility index (Phi) is 3.94. The number of benzene rings is 2. The van der Waals surface area contributed by atoms with Crippen molar-refractivity contribution < 1.29 is 8.78 Å². The van der Waals surface area contributed by atoms with Gasteiger partial charge in [0.25, 0.3) is 0 Å². The van der Waals surface area contributed by atoms with Crippen molar-refractivity contribution in [1.29, 1.82) is 0 Å². The van der Waals surface area contributed by atoms with Gasteiger partial charge in [0.05, 0.1) is 17.0 Å². The first-order valence-corrected chi connectivity index (χ1v) is 7.54. The normalized spacial score (nSPS) is 11.0. The summed E-state index contributed by atoms with van der Waals surface area (Å²) in [5.41, 5.74) is 2.08. The van der Waals surface area contributed by atoms with Crippen molar-refractivity contribution in [3.05, 3.63) is 70.1 Å². The van der Waals surface area contributed by atoms with E-state index in [0.717, 1.165) is 5.69 Å². The maximum Gasteiger partial charge on any atom is 0.138 e. The summed E-state index contributed by atoms with van der Waals surface area (Å²) in [6.45, 7) is 5.16. The van der Waals surface area contributed by atoms with Crippen molar-refractivity contribution in [2.75, 3.05) is 0 Å². The number of aryl methyl sites for hydroxylation is 3. The fraction of sp³-hybridized carbons (Fsp3) is 0.167. The van der Waals surface area contributed by atoms with Crippen LogP contribution in [0.1, 0.15) is 17.1 Å². The lowest BCUT2D eigenvalue weighted by atomic mass is 10.0. The van der Waals surface area contributed by atoms with Crippen molar-refractivity contribution in [2.45, 2.75) is 20.8 Å². The average molecular weight is 333 g/mol. The molecule has 2 nitrogen and oxygen atoms in total. The Balaban J connectivity index is 2.34. The highest BCUT2D eigenvalue weighted by Crippen LogP contribution is 2.33. The minimum absolute atomic E-state index is 0.0574. The molecule has 118 valence electrons. The van der Waals surface area contributed by atoms with Crippen molar-refractivity contribution in [2.24, 2.45) is 0 Å². The van der Waals surface area contributed by atoms with Crippen LogP contribution < -0.4 is 0 Å². The second-order valence-corrected chi connectivity index (χ2v) is 5.89. The molecule has 0 N–H and O–H groups in total. The Labute approximate surface area is 138 Å². The number of hydrogen-bond acceptors (Lipinski definition) is 1. The van der Waals surface area contributed by atoms with E-state index in [4.69, 9.17) is 11.6 Å². The number of hydrogen-bond donors (Lipinski definition) is 0. The van der Waals surface area contributed by atoms with Gasteiger partial charge in [0.15, 0.2) is 0 Å². The van der Waals surface area contributed by atoms with Gasteiger partial charge in [0, 0.05) is 10.7 Å². The minimum Gasteiger partial charge on any atom is -0.296 e. The van der Waals surface area contributed by atoms with Crippen LogP contribution in [-0.4, -0.2) is 9.55 Å². The molecule has 0 saturated heterocycles. The molecule has 0 aliphatic carbocycles. The standard InChI is InChI=1S/C18H15ClF2N2/c1-10-4-9-15(20)16(17(10)21)18-11(2)22-12(3)23(18)14-7-5-13(19)6-8-14/h4-9H,1-3H3. The van der Waals surface area contributed by atoms with Crippen LogP contribution >= 0.6 is 11.6 Å². The predicted molar refractivity (Wildman–Crippen MR) is 88.1 cm³/mol. The fourth-order valence-electron chi connectivity index (χ4n) is 2.74. The Hall–Kier alpha value is -2.20. The molecule has 0 aliphatic heterocycles. The second-order valence-electron chi connectivity index (χ2n) is 5.46. The van der Waals surface area contributed by atoms with Crippen LogP contribution in [0.3, 0.4) is 0 Å². The van der Waals surface area contributed by atoms with Gasteiger partial charge in [-0.25, -0.2) is 13.8 Å². The maximum atomic E-state index is 14.6. The molecule has 0 atom stereocenters. The van der Waals surface area contributed by atoms with Gasteiger partial charge in [-0.3, -0.25) is 4.57 Å². The number of imidazole rings is 1. The van der Waals surface area contributed by atoms with Crippen LogP contribution in [0.25, 0.3) is 16.9 Å². The van der Waals surface area contributed by atoms with Gasteiger partial charge >= 0.3 is 0 Å². The molecule has 0 unspecified atom stereocenters. The van der Waals surface area contributed by atoms with E-state index in [-0.39, 0.29) is 5.56 Å². The van der Waals surface area contributed by atoms with Gasteiger partial charge in [-0.1, -0.05) is 17.7 Å². The van der Waals surface area contributed by atoms with Crippen LogP contribution in [-0.2, 0) is 0 Å². The SMILES string of the molecule is Cc1ccc(F)c(-c2c(C)nc(C)n2-c2ccc(Cl)cc2)c1F. The Bertz CT molecular complexity index is 883. The lowest BCUT2D eigenvalue weighted by Crippen LogP contribution is -2.03. The van der Waals surface area contributed by atoms with Crippen molar-refractivity contribution in [3.8, 4) is 16.9 Å². The van der Waals surface area contributed by atoms with E-state index in [1.807, 2.05) is 0 Å². The molecular formula is C18H15ClF2N2. The molecule has 2 aromatic carbocycles. The summed E-state index contributed by atoms with van der Waals surface area (Å²) in [4.78, 5) is 4.39. The van der Waals surface area contributed by atoms with E-state index in [1.54, 1.807) is 49.6 Å². The molecule has 0 bridgehead atoms. The zero-order valence-corrected chi connectivity index (χ0v) is 13.7. The summed E-state index contributed by atoms with van der Waals surface area (Å²) in [6, 6.07) is 9.77. The van der Waals surface area contributed by atoms with E-state index in [2.05, 4.69) is 4.98 Å². The van der Waals surface area contributed by atoms with Crippen molar-refractivity contribution in [1.82, 2.24) is 9.55 Å². The largest absolute Gasteiger partial charge is 0.296 e. The summed E-state index contributed by atoms with van der Waals surface area (Å²) < 4.78 is 30.7. The third-order valence-electron chi connectivity index (χ3n) is 3.83. The molecule has 0 amide bonds. The Morgan fingerprint density at radius 3 is 2.26 bits per heavy atom. The van der Waals surface area contributed by atoms with Gasteiger partial charge < -0.3 is 0 Å². The van der Waals surface area contributed by atoms with Crippen molar-refractivity contribution >= 4 is 11.6 Å². The fourth-order valence-corrected chi connectivity index (χ4v) is 2.87. The minimum atomic E-state index is -0.605. The van der Waals surface area contributed by atoms with Crippen LogP contribution in [0.2, 0.25) is 5.02 Å². The van der Waals surface area contributed by atoms with E-state index < -0.39 is 11.6 Å². The quantitative estimate of drug-likeness (QED) is 0.614. The summed E-state index contributed by atoms with van der Waals surface area (Å²) in [6.07, 6.45) is 0. The molecule has 5 heteroatoms. The van der Waals surface area contributed by atoms with Crippen LogP contribution in [0.4, 0.5) is 8.78 Å². The van der Waals surface area contributed by atoms with E-state index in [1.165, 1.54) is 12.1 Å². The second kappa shape index (κ2) is 5.78. The van der Waals surface area contributed by atoms with E-state index in [9.17, 15) is 8.78 Å². The number of halogens is 3. The number of aromatic nitrogens is 2. The molecule has 1 aromatic heterocycles. The van der Waals surface area contributed by atoms with Gasteiger partial charge in [0.2, 0.25) is 0 Å². The average Bonchev–Trinajstić information content (AvgIpc) is 2.79. The Morgan fingerprint density at radius 2 is 1.61 bits per heavy atom. The van der Waals surface area contributed by atoms with E-state index in [0.29, 0.717) is 27.8 Å². The van der Waals surface area contributed by atoms with Crippen LogP contribution in [0.5, 0.6) is 0 Å². The highest BCUT2D eigenvalue weighted by atomic mass is 35.5. The summed E-state index contributed by atoms with van der Waals surface area (Å²) >= 11 is 5.93. The molecule has 23 heavy (non-hydrogen) atoms. The van der Waals surface area contributed by atoms with Crippen molar-refractivity contribution in [3.63, 3.8) is 0 Å². The molecular weight excluding hydrogens is 318 g/mol. The summed E-state index contributed by atoms with van der Waals surface area (Å²) in [5.74, 6) is -0.519. The highest BCUT2D eigenvalue weighted by molar-refractivity contribution is 6.30.